The van der Waals surface area contributed by atoms with Gasteiger partial charge in [0.2, 0.25) is 0 Å². The predicted octanol–water partition coefficient (Wildman–Crippen LogP) is 1.55. The minimum absolute atomic E-state index is 0.0648. The molecule has 126 valence electrons. The molecular formula is C17H22N6O. The second kappa shape index (κ2) is 5.89. The number of amides is 1. The van der Waals surface area contributed by atoms with Crippen molar-refractivity contribution in [3.8, 4) is 0 Å². The first-order valence-electron chi connectivity index (χ1n) is 8.53. The molecule has 0 unspecified atom stereocenters. The van der Waals surface area contributed by atoms with Crippen LogP contribution in [-0.4, -0.2) is 50.2 Å². The molecule has 0 saturated carbocycles. The molecule has 0 bridgehead atoms. The van der Waals surface area contributed by atoms with E-state index in [1.54, 1.807) is 0 Å². The number of anilines is 1. The van der Waals surface area contributed by atoms with Gasteiger partial charge < -0.3 is 9.80 Å². The van der Waals surface area contributed by atoms with Gasteiger partial charge in [0.05, 0.1) is 18.8 Å². The lowest BCUT2D eigenvalue weighted by Gasteiger charge is -2.29. The van der Waals surface area contributed by atoms with Gasteiger partial charge in [-0.05, 0) is 32.8 Å². The van der Waals surface area contributed by atoms with Crippen LogP contribution in [0.25, 0.3) is 0 Å². The van der Waals surface area contributed by atoms with E-state index < -0.39 is 0 Å². The van der Waals surface area contributed by atoms with Gasteiger partial charge >= 0.3 is 0 Å². The number of aromatic nitrogens is 4. The first kappa shape index (κ1) is 15.1. The second-order valence-electron chi connectivity index (χ2n) is 6.59. The molecule has 24 heavy (non-hydrogen) atoms. The van der Waals surface area contributed by atoms with Crippen LogP contribution in [0.5, 0.6) is 0 Å². The first-order valence-corrected chi connectivity index (χ1v) is 8.53. The zero-order valence-electron chi connectivity index (χ0n) is 14.2. The van der Waals surface area contributed by atoms with E-state index >= 15 is 0 Å². The van der Waals surface area contributed by atoms with Crippen LogP contribution in [0.4, 0.5) is 5.82 Å². The molecule has 1 amide bonds. The zero-order valence-corrected chi connectivity index (χ0v) is 14.2. The molecule has 2 aliphatic heterocycles. The van der Waals surface area contributed by atoms with Crippen LogP contribution >= 0.6 is 0 Å². The maximum atomic E-state index is 12.5. The van der Waals surface area contributed by atoms with Crippen molar-refractivity contribution in [2.24, 2.45) is 0 Å². The van der Waals surface area contributed by atoms with E-state index in [1.165, 1.54) is 0 Å². The minimum atomic E-state index is 0.0648. The predicted molar refractivity (Wildman–Crippen MR) is 89.9 cm³/mol. The van der Waals surface area contributed by atoms with E-state index in [2.05, 4.69) is 20.0 Å². The molecule has 2 aliphatic rings. The number of nitrogens with zero attached hydrogens (tertiary/aromatic N) is 6. The van der Waals surface area contributed by atoms with Gasteiger partial charge in [-0.1, -0.05) is 0 Å². The molecule has 0 N–H and O–H groups in total. The van der Waals surface area contributed by atoms with Crippen molar-refractivity contribution >= 4 is 11.7 Å². The standard InChI is InChI=1S/C17H22N6O/c1-12-10-18-13(2)19-16(12)22-7-8-23-14(11-22)9-15(20-23)17(24)21-5-3-4-6-21/h9-10H,3-8,11H2,1-2H3. The van der Waals surface area contributed by atoms with E-state index in [1.807, 2.05) is 35.7 Å². The molecule has 0 atom stereocenters. The summed E-state index contributed by atoms with van der Waals surface area (Å²) >= 11 is 0. The molecule has 1 saturated heterocycles. The number of likely N-dealkylation sites (tertiary alicyclic amines) is 1. The highest BCUT2D eigenvalue weighted by atomic mass is 16.2. The van der Waals surface area contributed by atoms with Crippen LogP contribution in [0.2, 0.25) is 0 Å². The molecule has 0 spiro atoms. The maximum Gasteiger partial charge on any atom is 0.274 e. The summed E-state index contributed by atoms with van der Waals surface area (Å²) in [5.41, 5.74) is 2.71. The van der Waals surface area contributed by atoms with Gasteiger partial charge in [-0.15, -0.1) is 0 Å². The minimum Gasteiger partial charge on any atom is -0.349 e. The number of carbonyl (C=O) groups is 1. The van der Waals surface area contributed by atoms with Crippen LogP contribution in [0.1, 0.15) is 40.4 Å². The number of hydrogen-bond donors (Lipinski definition) is 0. The zero-order chi connectivity index (χ0) is 16.7. The van der Waals surface area contributed by atoms with E-state index in [4.69, 9.17) is 0 Å². The summed E-state index contributed by atoms with van der Waals surface area (Å²) < 4.78 is 1.96. The van der Waals surface area contributed by atoms with Crippen molar-refractivity contribution in [2.45, 2.75) is 39.8 Å². The summed E-state index contributed by atoms with van der Waals surface area (Å²) in [6, 6.07) is 1.94. The van der Waals surface area contributed by atoms with Crippen molar-refractivity contribution in [2.75, 3.05) is 24.5 Å². The Kier molecular flexibility index (Phi) is 3.70. The highest BCUT2D eigenvalue weighted by Gasteiger charge is 2.26. The molecular weight excluding hydrogens is 304 g/mol. The van der Waals surface area contributed by atoms with Crippen LogP contribution in [0.3, 0.4) is 0 Å². The summed E-state index contributed by atoms with van der Waals surface area (Å²) in [5.74, 6) is 1.82. The lowest BCUT2D eigenvalue weighted by Crippen LogP contribution is -2.35. The van der Waals surface area contributed by atoms with Crippen LogP contribution in [0, 0.1) is 13.8 Å². The lowest BCUT2D eigenvalue weighted by atomic mass is 10.2. The topological polar surface area (TPSA) is 67.2 Å². The normalized spacial score (nSPS) is 17.2. The van der Waals surface area contributed by atoms with Crippen LogP contribution in [-0.2, 0) is 13.1 Å². The van der Waals surface area contributed by atoms with Crippen LogP contribution < -0.4 is 4.90 Å². The highest BCUT2D eigenvalue weighted by Crippen LogP contribution is 2.23. The Morgan fingerprint density at radius 1 is 1.12 bits per heavy atom. The van der Waals surface area contributed by atoms with Crippen molar-refractivity contribution in [1.82, 2.24) is 24.6 Å². The Morgan fingerprint density at radius 3 is 2.71 bits per heavy atom. The molecule has 2 aromatic rings. The molecule has 0 aliphatic carbocycles. The fourth-order valence-electron chi connectivity index (χ4n) is 3.47. The van der Waals surface area contributed by atoms with Gasteiger partial charge in [0.25, 0.3) is 5.91 Å². The van der Waals surface area contributed by atoms with E-state index in [-0.39, 0.29) is 5.91 Å². The van der Waals surface area contributed by atoms with Gasteiger partial charge in [0.1, 0.15) is 11.6 Å². The summed E-state index contributed by atoms with van der Waals surface area (Å²) in [4.78, 5) is 25.5. The largest absolute Gasteiger partial charge is 0.349 e. The molecule has 7 nitrogen and oxygen atoms in total. The molecule has 0 aromatic carbocycles. The van der Waals surface area contributed by atoms with Gasteiger partial charge in [0, 0.05) is 31.4 Å². The highest BCUT2D eigenvalue weighted by molar-refractivity contribution is 5.92. The SMILES string of the molecule is Cc1ncc(C)c(N2CCn3nc(C(=O)N4CCCC4)cc3C2)n1. The number of fused-ring (bicyclic) bond motifs is 1. The second-order valence-corrected chi connectivity index (χ2v) is 6.59. The van der Waals surface area contributed by atoms with Crippen molar-refractivity contribution in [3.05, 3.63) is 35.0 Å². The Hall–Kier alpha value is -2.44. The van der Waals surface area contributed by atoms with Crippen molar-refractivity contribution in [3.63, 3.8) is 0 Å². The van der Waals surface area contributed by atoms with E-state index in [9.17, 15) is 4.79 Å². The molecule has 0 radical (unpaired) electrons. The Balaban J connectivity index is 1.57. The summed E-state index contributed by atoms with van der Waals surface area (Å²) in [7, 11) is 0. The number of rotatable bonds is 2. The Morgan fingerprint density at radius 2 is 1.92 bits per heavy atom. The number of hydrogen-bond acceptors (Lipinski definition) is 5. The monoisotopic (exact) mass is 326 g/mol. The van der Waals surface area contributed by atoms with Gasteiger partial charge in [-0.25, -0.2) is 9.97 Å². The fraction of sp³-hybridized carbons (Fsp3) is 0.529. The lowest BCUT2D eigenvalue weighted by molar-refractivity contribution is 0.0786. The average Bonchev–Trinajstić information content (AvgIpc) is 3.25. The summed E-state index contributed by atoms with van der Waals surface area (Å²) in [6.07, 6.45) is 4.06. The summed E-state index contributed by atoms with van der Waals surface area (Å²) in [6.45, 7) is 7.97. The van der Waals surface area contributed by atoms with Crippen molar-refractivity contribution in [1.29, 1.82) is 0 Å². The smallest absolute Gasteiger partial charge is 0.274 e. The molecule has 7 heteroatoms. The van der Waals surface area contributed by atoms with E-state index in [0.717, 1.165) is 68.5 Å². The number of aryl methyl sites for hydroxylation is 2. The Labute approximate surface area is 141 Å². The summed E-state index contributed by atoms with van der Waals surface area (Å²) in [5, 5.41) is 4.53. The molecule has 2 aromatic heterocycles. The van der Waals surface area contributed by atoms with Crippen LogP contribution in [0.15, 0.2) is 12.3 Å². The van der Waals surface area contributed by atoms with Gasteiger partial charge in [-0.2, -0.15) is 5.10 Å². The molecule has 4 rings (SSSR count). The third kappa shape index (κ3) is 2.64. The molecule has 1 fully saturated rings. The average molecular weight is 326 g/mol. The van der Waals surface area contributed by atoms with Gasteiger partial charge in [-0.3, -0.25) is 9.48 Å². The number of carbonyl (C=O) groups excluding carboxylic acids is 1. The van der Waals surface area contributed by atoms with E-state index in [0.29, 0.717) is 5.69 Å². The quantitative estimate of drug-likeness (QED) is 0.837. The molecule has 4 heterocycles. The third-order valence-electron chi connectivity index (χ3n) is 4.78. The first-order chi connectivity index (χ1) is 11.6. The van der Waals surface area contributed by atoms with Crippen molar-refractivity contribution < 1.29 is 4.79 Å². The van der Waals surface area contributed by atoms with Gasteiger partial charge in [0.15, 0.2) is 5.69 Å². The fourth-order valence-corrected chi connectivity index (χ4v) is 3.47. The Bertz CT molecular complexity index is 777. The maximum absolute atomic E-state index is 12.5. The third-order valence-corrected chi connectivity index (χ3v) is 4.78.